The zero-order valence-electron chi connectivity index (χ0n) is 11.9. The molecular formula is C17H28O. The molecule has 0 bridgehead atoms. The molecule has 0 unspecified atom stereocenters. The Morgan fingerprint density at radius 3 is 2.17 bits per heavy atom. The van der Waals surface area contributed by atoms with Gasteiger partial charge in [-0.25, -0.2) is 0 Å². The van der Waals surface area contributed by atoms with Crippen LogP contribution in [0.15, 0.2) is 30.3 Å². The van der Waals surface area contributed by atoms with Crippen LogP contribution in [0.2, 0.25) is 0 Å². The van der Waals surface area contributed by atoms with Crippen molar-refractivity contribution in [2.45, 2.75) is 58.3 Å². The molecule has 0 saturated carbocycles. The standard InChI is InChI=1S/C17H28O/c1-2-15-18-16-11-6-4-3-5-8-12-17-13-9-7-10-14-17/h7,9-10,13-14H,2-6,8,11-12,15-16H2,1H3. The lowest BCUT2D eigenvalue weighted by atomic mass is 10.1. The molecule has 0 aliphatic rings. The van der Waals surface area contributed by atoms with Crippen LogP contribution in [0.4, 0.5) is 0 Å². The maximum atomic E-state index is 5.47. The molecule has 102 valence electrons. The van der Waals surface area contributed by atoms with Gasteiger partial charge in [-0.2, -0.15) is 0 Å². The van der Waals surface area contributed by atoms with Crippen LogP contribution in [-0.4, -0.2) is 13.2 Å². The summed E-state index contributed by atoms with van der Waals surface area (Å²) in [6.45, 7) is 4.04. The summed E-state index contributed by atoms with van der Waals surface area (Å²) in [5.74, 6) is 0. The lowest BCUT2D eigenvalue weighted by molar-refractivity contribution is 0.130. The van der Waals surface area contributed by atoms with Crippen LogP contribution in [-0.2, 0) is 11.2 Å². The fourth-order valence-electron chi connectivity index (χ4n) is 2.13. The number of rotatable bonds is 11. The predicted molar refractivity (Wildman–Crippen MR) is 79.0 cm³/mol. The third-order valence-corrected chi connectivity index (χ3v) is 3.20. The van der Waals surface area contributed by atoms with Crippen LogP contribution >= 0.6 is 0 Å². The van der Waals surface area contributed by atoms with E-state index in [2.05, 4.69) is 37.3 Å². The van der Waals surface area contributed by atoms with Gasteiger partial charge in [0.05, 0.1) is 0 Å². The Labute approximate surface area is 113 Å². The smallest absolute Gasteiger partial charge is 0.0466 e. The highest BCUT2D eigenvalue weighted by molar-refractivity contribution is 5.14. The van der Waals surface area contributed by atoms with E-state index in [9.17, 15) is 0 Å². The molecule has 0 fully saturated rings. The summed E-state index contributed by atoms with van der Waals surface area (Å²) in [6.07, 6.45) is 10.4. The normalized spacial score (nSPS) is 10.7. The summed E-state index contributed by atoms with van der Waals surface area (Å²) in [4.78, 5) is 0. The molecule has 0 radical (unpaired) electrons. The Morgan fingerprint density at radius 2 is 1.44 bits per heavy atom. The minimum atomic E-state index is 0.928. The Hall–Kier alpha value is -0.820. The van der Waals surface area contributed by atoms with Crippen molar-refractivity contribution in [3.05, 3.63) is 35.9 Å². The third-order valence-electron chi connectivity index (χ3n) is 3.20. The lowest BCUT2D eigenvalue weighted by Crippen LogP contribution is -1.95. The van der Waals surface area contributed by atoms with E-state index in [4.69, 9.17) is 4.74 Å². The van der Waals surface area contributed by atoms with Crippen LogP contribution in [0.3, 0.4) is 0 Å². The van der Waals surface area contributed by atoms with Crippen molar-refractivity contribution < 1.29 is 4.74 Å². The molecular weight excluding hydrogens is 220 g/mol. The summed E-state index contributed by atoms with van der Waals surface area (Å²) in [5, 5.41) is 0. The molecule has 0 aliphatic carbocycles. The van der Waals surface area contributed by atoms with E-state index in [-0.39, 0.29) is 0 Å². The van der Waals surface area contributed by atoms with Gasteiger partial charge in [0.15, 0.2) is 0 Å². The average Bonchev–Trinajstić information content (AvgIpc) is 2.42. The molecule has 1 aromatic carbocycles. The minimum Gasteiger partial charge on any atom is -0.381 e. The minimum absolute atomic E-state index is 0.928. The molecule has 0 aromatic heterocycles. The predicted octanol–water partition coefficient (Wildman–Crippen LogP) is 5.00. The van der Waals surface area contributed by atoms with E-state index in [1.807, 2.05) is 0 Å². The molecule has 18 heavy (non-hydrogen) atoms. The van der Waals surface area contributed by atoms with Crippen molar-refractivity contribution >= 4 is 0 Å². The Kier molecular flexibility index (Phi) is 9.55. The van der Waals surface area contributed by atoms with Crippen molar-refractivity contribution in [2.75, 3.05) is 13.2 Å². The Bertz CT molecular complexity index is 268. The van der Waals surface area contributed by atoms with E-state index < -0.39 is 0 Å². The van der Waals surface area contributed by atoms with Gasteiger partial charge in [-0.15, -0.1) is 0 Å². The first kappa shape index (κ1) is 15.2. The highest BCUT2D eigenvalue weighted by Crippen LogP contribution is 2.09. The Morgan fingerprint density at radius 1 is 0.778 bits per heavy atom. The van der Waals surface area contributed by atoms with Gasteiger partial charge in [0, 0.05) is 13.2 Å². The Balaban J connectivity index is 1.82. The van der Waals surface area contributed by atoms with E-state index >= 15 is 0 Å². The number of hydrogen-bond donors (Lipinski definition) is 0. The summed E-state index contributed by atoms with van der Waals surface area (Å²) in [7, 11) is 0. The van der Waals surface area contributed by atoms with Crippen molar-refractivity contribution in [1.82, 2.24) is 0 Å². The number of hydrogen-bond acceptors (Lipinski definition) is 1. The van der Waals surface area contributed by atoms with Gasteiger partial charge in [-0.05, 0) is 31.2 Å². The zero-order chi connectivity index (χ0) is 12.9. The molecule has 1 heteroatoms. The number of aryl methyl sites for hydroxylation is 1. The molecule has 1 rings (SSSR count). The molecule has 0 heterocycles. The fraction of sp³-hybridized carbons (Fsp3) is 0.647. The van der Waals surface area contributed by atoms with Crippen LogP contribution in [0.5, 0.6) is 0 Å². The van der Waals surface area contributed by atoms with E-state index in [1.165, 1.54) is 50.5 Å². The van der Waals surface area contributed by atoms with Crippen LogP contribution in [0, 0.1) is 0 Å². The van der Waals surface area contributed by atoms with Gasteiger partial charge in [-0.3, -0.25) is 0 Å². The molecule has 1 nitrogen and oxygen atoms in total. The molecule has 1 aromatic rings. The quantitative estimate of drug-likeness (QED) is 0.501. The molecule has 0 aliphatic heterocycles. The molecule has 0 N–H and O–H groups in total. The molecule has 0 amide bonds. The van der Waals surface area contributed by atoms with Crippen molar-refractivity contribution in [3.8, 4) is 0 Å². The highest BCUT2D eigenvalue weighted by Gasteiger charge is 1.94. The summed E-state index contributed by atoms with van der Waals surface area (Å²) >= 11 is 0. The maximum absolute atomic E-state index is 5.47. The first-order valence-corrected chi connectivity index (χ1v) is 7.55. The first-order valence-electron chi connectivity index (χ1n) is 7.55. The maximum Gasteiger partial charge on any atom is 0.0466 e. The van der Waals surface area contributed by atoms with Gasteiger partial charge < -0.3 is 4.74 Å². The first-order chi connectivity index (χ1) is 8.93. The van der Waals surface area contributed by atoms with E-state index in [0.717, 1.165) is 19.6 Å². The molecule has 0 saturated heterocycles. The fourth-order valence-corrected chi connectivity index (χ4v) is 2.13. The highest BCUT2D eigenvalue weighted by atomic mass is 16.5. The second-order valence-corrected chi connectivity index (χ2v) is 4.97. The van der Waals surface area contributed by atoms with Crippen molar-refractivity contribution in [2.24, 2.45) is 0 Å². The van der Waals surface area contributed by atoms with E-state index in [0.29, 0.717) is 0 Å². The second-order valence-electron chi connectivity index (χ2n) is 4.97. The largest absolute Gasteiger partial charge is 0.381 e. The van der Waals surface area contributed by atoms with Gasteiger partial charge >= 0.3 is 0 Å². The third kappa shape index (κ3) is 8.30. The summed E-state index contributed by atoms with van der Waals surface area (Å²) < 4.78 is 5.47. The summed E-state index contributed by atoms with van der Waals surface area (Å²) in [6, 6.07) is 10.8. The van der Waals surface area contributed by atoms with Crippen LogP contribution < -0.4 is 0 Å². The number of benzene rings is 1. The topological polar surface area (TPSA) is 9.23 Å². The second kappa shape index (κ2) is 11.3. The molecule has 0 spiro atoms. The van der Waals surface area contributed by atoms with Crippen molar-refractivity contribution in [1.29, 1.82) is 0 Å². The van der Waals surface area contributed by atoms with Crippen molar-refractivity contribution in [3.63, 3.8) is 0 Å². The van der Waals surface area contributed by atoms with E-state index in [1.54, 1.807) is 0 Å². The molecule has 0 atom stereocenters. The zero-order valence-corrected chi connectivity index (χ0v) is 11.9. The van der Waals surface area contributed by atoms with Gasteiger partial charge in [0.2, 0.25) is 0 Å². The SMILES string of the molecule is CCCOCCCCCCCCc1ccccc1. The lowest BCUT2D eigenvalue weighted by Gasteiger charge is -2.03. The average molecular weight is 248 g/mol. The van der Waals surface area contributed by atoms with Crippen LogP contribution in [0.25, 0.3) is 0 Å². The monoisotopic (exact) mass is 248 g/mol. The van der Waals surface area contributed by atoms with Crippen LogP contribution in [0.1, 0.15) is 57.4 Å². The number of unbranched alkanes of at least 4 members (excludes halogenated alkanes) is 5. The van der Waals surface area contributed by atoms with Gasteiger partial charge in [-0.1, -0.05) is 62.9 Å². The number of ether oxygens (including phenoxy) is 1. The van der Waals surface area contributed by atoms with Gasteiger partial charge in [0.25, 0.3) is 0 Å². The van der Waals surface area contributed by atoms with Gasteiger partial charge in [0.1, 0.15) is 0 Å². The summed E-state index contributed by atoms with van der Waals surface area (Å²) in [5.41, 5.74) is 1.48.